The van der Waals surface area contributed by atoms with Gasteiger partial charge in [-0.2, -0.15) is 0 Å². The molecule has 1 atom stereocenters. The fourth-order valence-electron chi connectivity index (χ4n) is 3.16. The topological polar surface area (TPSA) is 49.4 Å². The number of hydrogen-bond donors (Lipinski definition) is 1. The second-order valence-corrected chi connectivity index (χ2v) is 6.30. The predicted molar refractivity (Wildman–Crippen MR) is 86.0 cm³/mol. The van der Waals surface area contributed by atoms with Gasteiger partial charge in [-0.05, 0) is 26.2 Å². The summed E-state index contributed by atoms with van der Waals surface area (Å²) in [5.41, 5.74) is -0.689. The van der Waals surface area contributed by atoms with Gasteiger partial charge in [0, 0.05) is 19.0 Å². The second-order valence-electron chi connectivity index (χ2n) is 6.30. The molecule has 0 radical (unpaired) electrons. The Hall–Kier alpha value is -1.06. The van der Waals surface area contributed by atoms with Gasteiger partial charge in [-0.1, -0.05) is 46.5 Å². The lowest BCUT2D eigenvalue weighted by Crippen LogP contribution is -2.57. The Kier molecular flexibility index (Phi) is 7.20. The number of hydrogen-bond acceptors (Lipinski definition) is 2. The minimum absolute atomic E-state index is 0.00338. The monoisotopic (exact) mass is 296 g/mol. The highest BCUT2D eigenvalue weighted by atomic mass is 16.2. The third-order valence-electron chi connectivity index (χ3n) is 4.77. The van der Waals surface area contributed by atoms with Crippen molar-refractivity contribution in [2.75, 3.05) is 6.54 Å². The molecular formula is C17H32N2O2. The van der Waals surface area contributed by atoms with E-state index in [1.807, 2.05) is 25.7 Å². The molecule has 1 aliphatic heterocycles. The molecule has 1 unspecified atom stereocenters. The zero-order chi connectivity index (χ0) is 15.9. The van der Waals surface area contributed by atoms with E-state index in [9.17, 15) is 9.59 Å². The summed E-state index contributed by atoms with van der Waals surface area (Å²) in [5, 5.41) is 2.98. The number of nitrogens with zero attached hydrogens (tertiary/aromatic N) is 1. The first-order valence-electron chi connectivity index (χ1n) is 8.62. The van der Waals surface area contributed by atoms with Crippen LogP contribution in [0, 0.1) is 0 Å². The normalized spacial score (nSPS) is 22.1. The predicted octanol–water partition coefficient (Wildman–Crippen LogP) is 3.25. The number of rotatable bonds is 8. The van der Waals surface area contributed by atoms with Crippen molar-refractivity contribution in [2.45, 2.75) is 90.6 Å². The molecule has 1 rings (SSSR count). The van der Waals surface area contributed by atoms with Gasteiger partial charge in [0.05, 0.1) is 0 Å². The number of carbonyl (C=O) groups is 2. The Morgan fingerprint density at radius 3 is 2.29 bits per heavy atom. The first kappa shape index (κ1) is 18.0. The number of unbranched alkanes of at least 4 members (excludes halogenated alkanes) is 4. The molecule has 21 heavy (non-hydrogen) atoms. The van der Waals surface area contributed by atoms with Crippen LogP contribution in [0.1, 0.15) is 79.1 Å². The van der Waals surface area contributed by atoms with Gasteiger partial charge in [-0.25, -0.2) is 0 Å². The van der Waals surface area contributed by atoms with Crippen molar-refractivity contribution < 1.29 is 9.59 Å². The van der Waals surface area contributed by atoms with Crippen molar-refractivity contribution in [3.63, 3.8) is 0 Å². The maximum absolute atomic E-state index is 12.9. The summed E-state index contributed by atoms with van der Waals surface area (Å²) in [6.45, 7) is 8.94. The fraction of sp³-hybridized carbons (Fsp3) is 0.882. The highest BCUT2D eigenvalue weighted by Gasteiger charge is 2.43. The van der Waals surface area contributed by atoms with Gasteiger partial charge in [0.2, 0.25) is 11.8 Å². The maximum atomic E-state index is 12.9. The van der Waals surface area contributed by atoms with E-state index >= 15 is 0 Å². The highest BCUT2D eigenvalue weighted by molar-refractivity contribution is 5.93. The zero-order valence-electron chi connectivity index (χ0n) is 14.2. The lowest BCUT2D eigenvalue weighted by molar-refractivity contribution is -0.140. The van der Waals surface area contributed by atoms with Crippen LogP contribution in [0.4, 0.5) is 0 Å². The van der Waals surface area contributed by atoms with Crippen molar-refractivity contribution in [1.82, 2.24) is 10.2 Å². The number of carbonyl (C=O) groups excluding carboxylic acids is 2. The van der Waals surface area contributed by atoms with Gasteiger partial charge >= 0.3 is 0 Å². The summed E-state index contributed by atoms with van der Waals surface area (Å²) in [4.78, 5) is 26.9. The van der Waals surface area contributed by atoms with Gasteiger partial charge in [0.15, 0.2) is 0 Å². The van der Waals surface area contributed by atoms with E-state index in [0.29, 0.717) is 19.3 Å². The standard InChI is InChI=1S/C17H32N2O2/c1-5-8-9-10-11-12-19-14(4)13-15(20)18-17(6-2,7-3)16(19)21/h14H,5-13H2,1-4H3,(H,18,20). The molecule has 1 fully saturated rings. The maximum Gasteiger partial charge on any atom is 0.248 e. The molecular weight excluding hydrogens is 264 g/mol. The molecule has 1 aliphatic rings. The molecule has 0 aromatic carbocycles. The van der Waals surface area contributed by atoms with Crippen LogP contribution in [0.2, 0.25) is 0 Å². The first-order chi connectivity index (χ1) is 10.0. The molecule has 0 aromatic heterocycles. The Morgan fingerprint density at radius 1 is 1.10 bits per heavy atom. The molecule has 0 bridgehead atoms. The highest BCUT2D eigenvalue weighted by Crippen LogP contribution is 2.25. The van der Waals surface area contributed by atoms with E-state index in [1.54, 1.807) is 0 Å². The molecule has 4 nitrogen and oxygen atoms in total. The summed E-state index contributed by atoms with van der Waals surface area (Å²) in [6, 6.07) is 0.00338. The van der Waals surface area contributed by atoms with E-state index in [-0.39, 0.29) is 17.9 Å². The smallest absolute Gasteiger partial charge is 0.248 e. The zero-order valence-corrected chi connectivity index (χ0v) is 14.2. The summed E-state index contributed by atoms with van der Waals surface area (Å²) >= 11 is 0. The average Bonchev–Trinajstić information content (AvgIpc) is 2.55. The summed E-state index contributed by atoms with van der Waals surface area (Å²) in [7, 11) is 0. The SMILES string of the molecule is CCCCCCCN1C(=O)C(CC)(CC)NC(=O)CC1C. The van der Waals surface area contributed by atoms with E-state index in [0.717, 1.165) is 19.4 Å². The Morgan fingerprint density at radius 2 is 1.71 bits per heavy atom. The summed E-state index contributed by atoms with van der Waals surface area (Å²) < 4.78 is 0. The van der Waals surface area contributed by atoms with Crippen LogP contribution in [-0.2, 0) is 9.59 Å². The van der Waals surface area contributed by atoms with Crippen molar-refractivity contribution >= 4 is 11.8 Å². The third-order valence-corrected chi connectivity index (χ3v) is 4.77. The number of amides is 2. The van der Waals surface area contributed by atoms with Crippen LogP contribution >= 0.6 is 0 Å². The van der Waals surface area contributed by atoms with E-state index in [2.05, 4.69) is 12.2 Å². The van der Waals surface area contributed by atoms with Gasteiger partial charge < -0.3 is 10.2 Å². The van der Waals surface area contributed by atoms with Crippen molar-refractivity contribution in [2.24, 2.45) is 0 Å². The van der Waals surface area contributed by atoms with Crippen LogP contribution in [0.15, 0.2) is 0 Å². The average molecular weight is 296 g/mol. The molecule has 0 saturated carbocycles. The third kappa shape index (κ3) is 4.45. The van der Waals surface area contributed by atoms with Crippen LogP contribution < -0.4 is 5.32 Å². The minimum atomic E-state index is -0.689. The molecule has 4 heteroatoms. The van der Waals surface area contributed by atoms with Crippen LogP contribution in [0.25, 0.3) is 0 Å². The lowest BCUT2D eigenvalue weighted by atomic mass is 9.91. The summed E-state index contributed by atoms with van der Waals surface area (Å²) in [5.74, 6) is 0.120. The largest absolute Gasteiger partial charge is 0.342 e. The summed E-state index contributed by atoms with van der Waals surface area (Å²) in [6.07, 6.45) is 7.66. The van der Waals surface area contributed by atoms with Crippen LogP contribution in [0.5, 0.6) is 0 Å². The fourth-order valence-corrected chi connectivity index (χ4v) is 3.16. The Balaban J connectivity index is 2.74. The molecule has 0 spiro atoms. The van der Waals surface area contributed by atoms with E-state index in [4.69, 9.17) is 0 Å². The minimum Gasteiger partial charge on any atom is -0.342 e. The molecule has 2 amide bonds. The van der Waals surface area contributed by atoms with Gasteiger partial charge in [0.1, 0.15) is 5.54 Å². The van der Waals surface area contributed by atoms with Gasteiger partial charge in [0.25, 0.3) is 0 Å². The molecule has 0 aliphatic carbocycles. The molecule has 1 saturated heterocycles. The Bertz CT molecular complexity index is 351. The molecule has 0 aromatic rings. The quantitative estimate of drug-likeness (QED) is 0.699. The molecule has 122 valence electrons. The Labute approximate surface area is 129 Å². The lowest BCUT2D eigenvalue weighted by Gasteiger charge is -2.35. The van der Waals surface area contributed by atoms with Gasteiger partial charge in [-0.3, -0.25) is 9.59 Å². The molecule has 1 N–H and O–H groups in total. The van der Waals surface area contributed by atoms with E-state index in [1.165, 1.54) is 19.3 Å². The second kappa shape index (κ2) is 8.40. The van der Waals surface area contributed by atoms with Crippen molar-refractivity contribution in [1.29, 1.82) is 0 Å². The molecule has 1 heterocycles. The number of nitrogens with one attached hydrogen (secondary N) is 1. The van der Waals surface area contributed by atoms with Gasteiger partial charge in [-0.15, -0.1) is 0 Å². The first-order valence-corrected chi connectivity index (χ1v) is 8.62. The van der Waals surface area contributed by atoms with Crippen LogP contribution in [0.3, 0.4) is 0 Å². The van der Waals surface area contributed by atoms with Crippen LogP contribution in [-0.4, -0.2) is 34.8 Å². The van der Waals surface area contributed by atoms with Crippen molar-refractivity contribution in [3.05, 3.63) is 0 Å². The van der Waals surface area contributed by atoms with E-state index < -0.39 is 5.54 Å². The van der Waals surface area contributed by atoms with Crippen molar-refractivity contribution in [3.8, 4) is 0 Å².